The minimum Gasteiger partial charge on any atom is -0.487 e. The van der Waals surface area contributed by atoms with Gasteiger partial charge in [0.1, 0.15) is 17.3 Å². The van der Waals surface area contributed by atoms with Crippen molar-refractivity contribution in [1.82, 2.24) is 4.98 Å². The maximum absolute atomic E-state index is 11.7. The summed E-state index contributed by atoms with van der Waals surface area (Å²) < 4.78 is 29.6. The van der Waals surface area contributed by atoms with Crippen molar-refractivity contribution in [3.63, 3.8) is 0 Å². The van der Waals surface area contributed by atoms with Crippen LogP contribution in [0.1, 0.15) is 11.1 Å². The van der Waals surface area contributed by atoms with Crippen LogP contribution in [-0.4, -0.2) is 13.4 Å². The number of rotatable bonds is 4. The molecule has 0 radical (unpaired) electrons. The highest BCUT2D eigenvalue weighted by molar-refractivity contribution is 9.10. The van der Waals surface area contributed by atoms with Crippen LogP contribution in [0.2, 0.25) is 5.02 Å². The van der Waals surface area contributed by atoms with E-state index in [0.29, 0.717) is 20.6 Å². The van der Waals surface area contributed by atoms with E-state index in [1.807, 2.05) is 0 Å². The Hall–Kier alpha value is -0.820. The van der Waals surface area contributed by atoms with Crippen molar-refractivity contribution in [3.8, 4) is 5.75 Å². The lowest BCUT2D eigenvalue weighted by Crippen LogP contribution is -2.03. The van der Waals surface area contributed by atoms with Crippen LogP contribution in [0.25, 0.3) is 0 Å². The van der Waals surface area contributed by atoms with Crippen molar-refractivity contribution in [1.29, 1.82) is 0 Å². The SMILES string of the molecule is Cc1cc(Br)cc(S(=O)(=O)Cl)c1OCc1ccncc1Cl. The molecule has 2 rings (SSSR count). The Morgan fingerprint density at radius 3 is 2.71 bits per heavy atom. The Morgan fingerprint density at radius 1 is 1.38 bits per heavy atom. The Kier molecular flexibility index (Phi) is 5.14. The largest absolute Gasteiger partial charge is 0.487 e. The molecule has 4 nitrogen and oxygen atoms in total. The number of hydrogen-bond donors (Lipinski definition) is 0. The lowest BCUT2D eigenvalue weighted by Gasteiger charge is -2.13. The maximum atomic E-state index is 11.7. The molecule has 0 saturated heterocycles. The van der Waals surface area contributed by atoms with E-state index in [2.05, 4.69) is 20.9 Å². The average Bonchev–Trinajstić information content (AvgIpc) is 2.37. The van der Waals surface area contributed by atoms with Crippen LogP contribution in [0, 0.1) is 6.92 Å². The van der Waals surface area contributed by atoms with Crippen LogP contribution < -0.4 is 4.74 Å². The molecule has 0 bridgehead atoms. The van der Waals surface area contributed by atoms with Gasteiger partial charge >= 0.3 is 0 Å². The number of pyridine rings is 1. The van der Waals surface area contributed by atoms with Gasteiger partial charge in [-0.25, -0.2) is 8.42 Å². The van der Waals surface area contributed by atoms with Gasteiger partial charge in [0, 0.05) is 33.1 Å². The smallest absolute Gasteiger partial charge is 0.265 e. The van der Waals surface area contributed by atoms with E-state index in [1.165, 1.54) is 12.3 Å². The minimum atomic E-state index is -3.92. The van der Waals surface area contributed by atoms with Crippen molar-refractivity contribution >= 4 is 47.3 Å². The molecule has 21 heavy (non-hydrogen) atoms. The molecule has 0 aliphatic heterocycles. The molecule has 0 atom stereocenters. The average molecular weight is 411 g/mol. The van der Waals surface area contributed by atoms with Gasteiger partial charge < -0.3 is 4.74 Å². The fourth-order valence-corrected chi connectivity index (χ4v) is 3.69. The zero-order valence-electron chi connectivity index (χ0n) is 10.8. The molecule has 1 heterocycles. The molecule has 1 aromatic carbocycles. The molecule has 0 saturated carbocycles. The Morgan fingerprint density at radius 2 is 2.10 bits per heavy atom. The summed E-state index contributed by atoms with van der Waals surface area (Å²) in [5, 5.41) is 0.447. The molecule has 0 aliphatic rings. The molecule has 8 heteroatoms. The fraction of sp³-hybridized carbons (Fsp3) is 0.154. The summed E-state index contributed by atoms with van der Waals surface area (Å²) in [7, 11) is 1.53. The molecule has 1 aromatic heterocycles. The highest BCUT2D eigenvalue weighted by Gasteiger charge is 2.20. The van der Waals surface area contributed by atoms with Crippen LogP contribution in [0.5, 0.6) is 5.75 Å². The Bertz CT molecular complexity index is 781. The summed E-state index contributed by atoms with van der Waals surface area (Å²) in [6.07, 6.45) is 3.08. The lowest BCUT2D eigenvalue weighted by atomic mass is 10.2. The standard InChI is InChI=1S/C13H10BrCl2NO3S/c1-8-4-10(14)5-12(21(16,18)19)13(8)20-7-9-2-3-17-6-11(9)15/h2-6H,7H2,1H3. The van der Waals surface area contributed by atoms with Crippen LogP contribution in [0.4, 0.5) is 0 Å². The molecule has 0 unspecified atom stereocenters. The van der Waals surface area contributed by atoms with Gasteiger partial charge in [0.2, 0.25) is 0 Å². The summed E-state index contributed by atoms with van der Waals surface area (Å²) in [6.45, 7) is 1.85. The third-order valence-electron chi connectivity index (χ3n) is 2.70. The predicted octanol–water partition coefficient (Wildman–Crippen LogP) is 4.31. The monoisotopic (exact) mass is 409 g/mol. The molecular formula is C13H10BrCl2NO3S. The summed E-state index contributed by atoms with van der Waals surface area (Å²) >= 11 is 9.23. The summed E-state index contributed by atoms with van der Waals surface area (Å²) in [5.41, 5.74) is 1.35. The fourth-order valence-electron chi connectivity index (χ4n) is 1.74. The second-order valence-electron chi connectivity index (χ2n) is 4.24. The minimum absolute atomic E-state index is 0.0822. The molecule has 0 fully saturated rings. The second-order valence-corrected chi connectivity index (χ2v) is 8.10. The first-order chi connectivity index (χ1) is 9.79. The third kappa shape index (κ3) is 4.10. The van der Waals surface area contributed by atoms with Crippen molar-refractivity contribution in [3.05, 3.63) is 51.2 Å². The van der Waals surface area contributed by atoms with E-state index in [9.17, 15) is 8.42 Å². The molecule has 0 spiro atoms. The Balaban J connectivity index is 2.39. The zero-order valence-corrected chi connectivity index (χ0v) is 14.7. The van der Waals surface area contributed by atoms with Crippen LogP contribution in [0.15, 0.2) is 40.0 Å². The first-order valence-electron chi connectivity index (χ1n) is 5.75. The maximum Gasteiger partial charge on any atom is 0.265 e. The van der Waals surface area contributed by atoms with Gasteiger partial charge in [0.25, 0.3) is 9.05 Å². The van der Waals surface area contributed by atoms with E-state index >= 15 is 0 Å². The van der Waals surface area contributed by atoms with Gasteiger partial charge in [-0.2, -0.15) is 0 Å². The number of nitrogens with zero attached hydrogens (tertiary/aromatic N) is 1. The van der Waals surface area contributed by atoms with Gasteiger partial charge in [0.05, 0.1) is 5.02 Å². The Labute approximate surface area is 140 Å². The van der Waals surface area contributed by atoms with Crippen LogP contribution >= 0.6 is 38.2 Å². The van der Waals surface area contributed by atoms with Crippen LogP contribution in [0.3, 0.4) is 0 Å². The van der Waals surface area contributed by atoms with Gasteiger partial charge in [-0.1, -0.05) is 27.5 Å². The molecule has 0 amide bonds. The van der Waals surface area contributed by atoms with Gasteiger partial charge in [-0.15, -0.1) is 0 Å². The highest BCUT2D eigenvalue weighted by Crippen LogP contribution is 2.34. The number of aromatic nitrogens is 1. The van der Waals surface area contributed by atoms with E-state index in [4.69, 9.17) is 27.0 Å². The van der Waals surface area contributed by atoms with Crippen molar-refractivity contribution in [2.75, 3.05) is 0 Å². The highest BCUT2D eigenvalue weighted by atomic mass is 79.9. The lowest BCUT2D eigenvalue weighted by molar-refractivity contribution is 0.296. The van der Waals surface area contributed by atoms with E-state index in [1.54, 1.807) is 25.3 Å². The molecule has 112 valence electrons. The molecule has 0 aliphatic carbocycles. The molecular weight excluding hydrogens is 401 g/mol. The number of halogens is 3. The van der Waals surface area contributed by atoms with E-state index < -0.39 is 9.05 Å². The van der Waals surface area contributed by atoms with E-state index in [0.717, 1.165) is 0 Å². The topological polar surface area (TPSA) is 56.3 Å². The normalized spacial score (nSPS) is 11.4. The molecule has 2 aromatic rings. The number of aryl methyl sites for hydroxylation is 1. The third-order valence-corrected chi connectivity index (χ3v) is 4.82. The first-order valence-corrected chi connectivity index (χ1v) is 9.23. The summed E-state index contributed by atoms with van der Waals surface area (Å²) in [4.78, 5) is 3.79. The second kappa shape index (κ2) is 6.52. The van der Waals surface area contributed by atoms with Crippen molar-refractivity contribution in [2.45, 2.75) is 18.4 Å². The summed E-state index contributed by atoms with van der Waals surface area (Å²) in [5.74, 6) is 0.209. The number of hydrogen-bond acceptors (Lipinski definition) is 4. The molecule has 0 N–H and O–H groups in total. The predicted molar refractivity (Wildman–Crippen MR) is 85.5 cm³/mol. The van der Waals surface area contributed by atoms with Gasteiger partial charge in [-0.3, -0.25) is 4.98 Å². The van der Waals surface area contributed by atoms with Gasteiger partial charge in [-0.05, 0) is 30.7 Å². The van der Waals surface area contributed by atoms with Crippen molar-refractivity contribution < 1.29 is 13.2 Å². The number of benzene rings is 1. The van der Waals surface area contributed by atoms with Crippen LogP contribution in [-0.2, 0) is 15.7 Å². The van der Waals surface area contributed by atoms with Crippen molar-refractivity contribution in [2.24, 2.45) is 0 Å². The first kappa shape index (κ1) is 16.5. The van der Waals surface area contributed by atoms with Gasteiger partial charge in [0.15, 0.2) is 0 Å². The zero-order chi connectivity index (χ0) is 15.6. The van der Waals surface area contributed by atoms with E-state index in [-0.39, 0.29) is 17.3 Å². The number of ether oxygens (including phenoxy) is 1. The summed E-state index contributed by atoms with van der Waals surface area (Å²) in [6, 6.07) is 4.85. The quantitative estimate of drug-likeness (QED) is 0.704.